The summed E-state index contributed by atoms with van der Waals surface area (Å²) in [6, 6.07) is 10.3. The summed E-state index contributed by atoms with van der Waals surface area (Å²) in [6.07, 6.45) is 3.40. The number of ether oxygens (including phenoxy) is 1. The third-order valence-corrected chi connectivity index (χ3v) is 7.54. The minimum Gasteiger partial charge on any atom is -0.492 e. The highest BCUT2D eigenvalue weighted by Gasteiger charge is 2.39. The van der Waals surface area contributed by atoms with Crippen LogP contribution in [-0.4, -0.2) is 67.5 Å². The molecule has 3 atom stereocenters. The number of nitrogens with zero attached hydrogens (tertiary/aromatic N) is 1. The molecule has 1 fully saturated rings. The summed E-state index contributed by atoms with van der Waals surface area (Å²) in [7, 11) is 1.62. The van der Waals surface area contributed by atoms with Crippen molar-refractivity contribution in [1.29, 1.82) is 0 Å². The molecule has 0 unspecified atom stereocenters. The maximum Gasteiger partial charge on any atom is 0.243 e. The SMILES string of the molecule is Cc1ccc(C[C@H]2NC(=O)[C@@H](C)N(C)C(=O)[C@H](C3CC3)NCCOc3cc(F)ccc3CCCNC2=O)cc1. The maximum absolute atomic E-state index is 14.0. The fourth-order valence-electron chi connectivity index (χ4n) is 4.79. The second kappa shape index (κ2) is 13.1. The van der Waals surface area contributed by atoms with E-state index in [1.807, 2.05) is 31.2 Å². The molecule has 8 nitrogen and oxygen atoms in total. The van der Waals surface area contributed by atoms with Crippen LogP contribution in [-0.2, 0) is 27.2 Å². The standard InChI is InChI=1S/C30H39FN4O4/c1-19-6-8-21(9-7-19)17-25-29(37)33-14-4-5-22-12-13-24(31)18-26(22)39-16-15-32-27(23-10-11-23)30(38)35(3)20(2)28(36)34-25/h6-9,12-13,18,20,23,25,27,32H,4-5,10-11,14-17H2,1-3H3,(H,33,37)(H,34,36)/t20-,25-,27+/m1/s1. The van der Waals surface area contributed by atoms with Crippen molar-refractivity contribution in [2.75, 3.05) is 26.7 Å². The zero-order chi connectivity index (χ0) is 27.9. The molecule has 2 aliphatic rings. The average Bonchev–Trinajstić information content (AvgIpc) is 3.76. The second-order valence-corrected chi connectivity index (χ2v) is 10.6. The van der Waals surface area contributed by atoms with E-state index in [1.54, 1.807) is 20.0 Å². The van der Waals surface area contributed by atoms with Crippen LogP contribution < -0.4 is 20.7 Å². The summed E-state index contributed by atoms with van der Waals surface area (Å²) in [4.78, 5) is 41.3. The van der Waals surface area contributed by atoms with Gasteiger partial charge in [-0.15, -0.1) is 0 Å². The molecule has 3 amide bonds. The van der Waals surface area contributed by atoms with Gasteiger partial charge >= 0.3 is 0 Å². The number of likely N-dealkylation sites (N-methyl/N-ethyl adjacent to an activating group) is 1. The molecule has 0 saturated heterocycles. The summed E-state index contributed by atoms with van der Waals surface area (Å²) >= 11 is 0. The van der Waals surface area contributed by atoms with Gasteiger partial charge in [-0.3, -0.25) is 14.4 Å². The predicted octanol–water partition coefficient (Wildman–Crippen LogP) is 2.52. The van der Waals surface area contributed by atoms with Gasteiger partial charge in [-0.25, -0.2) is 4.39 Å². The lowest BCUT2D eigenvalue weighted by atomic mass is 10.0. The first kappa shape index (κ1) is 28.5. The number of nitrogens with one attached hydrogen (secondary N) is 3. The van der Waals surface area contributed by atoms with Crippen LogP contribution in [0.1, 0.15) is 42.9 Å². The molecular weight excluding hydrogens is 499 g/mol. The minimum absolute atomic E-state index is 0.174. The van der Waals surface area contributed by atoms with Crippen molar-refractivity contribution in [3.05, 3.63) is 65.0 Å². The van der Waals surface area contributed by atoms with Gasteiger partial charge in [0, 0.05) is 32.6 Å². The predicted molar refractivity (Wildman–Crippen MR) is 147 cm³/mol. The van der Waals surface area contributed by atoms with Gasteiger partial charge in [0.15, 0.2) is 0 Å². The average molecular weight is 539 g/mol. The summed E-state index contributed by atoms with van der Waals surface area (Å²) < 4.78 is 19.9. The smallest absolute Gasteiger partial charge is 0.243 e. The lowest BCUT2D eigenvalue weighted by Gasteiger charge is -2.30. The van der Waals surface area contributed by atoms with Crippen LogP contribution in [0.5, 0.6) is 5.75 Å². The van der Waals surface area contributed by atoms with Crippen molar-refractivity contribution >= 4 is 17.7 Å². The van der Waals surface area contributed by atoms with Crippen molar-refractivity contribution in [1.82, 2.24) is 20.9 Å². The third-order valence-electron chi connectivity index (χ3n) is 7.54. The van der Waals surface area contributed by atoms with Crippen molar-refractivity contribution in [2.45, 2.75) is 64.1 Å². The Kier molecular flexibility index (Phi) is 9.56. The zero-order valence-corrected chi connectivity index (χ0v) is 23.0. The fourth-order valence-corrected chi connectivity index (χ4v) is 4.79. The summed E-state index contributed by atoms with van der Waals surface area (Å²) in [6.45, 7) is 4.72. The molecule has 0 bridgehead atoms. The van der Waals surface area contributed by atoms with E-state index in [9.17, 15) is 18.8 Å². The van der Waals surface area contributed by atoms with Gasteiger partial charge in [0.05, 0.1) is 6.04 Å². The number of carbonyl (C=O) groups excluding carboxylic acids is 3. The van der Waals surface area contributed by atoms with Crippen LogP contribution in [0.15, 0.2) is 42.5 Å². The van der Waals surface area contributed by atoms with E-state index in [1.165, 1.54) is 17.0 Å². The maximum atomic E-state index is 14.0. The quantitative estimate of drug-likeness (QED) is 0.558. The van der Waals surface area contributed by atoms with Crippen LogP contribution in [0.25, 0.3) is 0 Å². The molecule has 1 heterocycles. The number of hydrogen-bond acceptors (Lipinski definition) is 5. The van der Waals surface area contributed by atoms with Gasteiger partial charge < -0.3 is 25.6 Å². The Balaban J connectivity index is 1.55. The molecule has 1 aliphatic carbocycles. The highest BCUT2D eigenvalue weighted by atomic mass is 19.1. The molecule has 1 saturated carbocycles. The number of rotatable bonds is 3. The van der Waals surface area contributed by atoms with Crippen molar-refractivity contribution in [2.24, 2.45) is 5.92 Å². The highest BCUT2D eigenvalue weighted by Crippen LogP contribution is 2.33. The fraction of sp³-hybridized carbons (Fsp3) is 0.500. The normalized spacial score (nSPS) is 24.1. The van der Waals surface area contributed by atoms with Crippen LogP contribution in [0, 0.1) is 18.7 Å². The van der Waals surface area contributed by atoms with Gasteiger partial charge in [0.1, 0.15) is 30.3 Å². The van der Waals surface area contributed by atoms with Crippen molar-refractivity contribution in [3.63, 3.8) is 0 Å². The Hall–Kier alpha value is -3.46. The van der Waals surface area contributed by atoms with Crippen molar-refractivity contribution in [3.8, 4) is 5.75 Å². The van der Waals surface area contributed by atoms with E-state index < -0.39 is 18.1 Å². The lowest BCUT2D eigenvalue weighted by molar-refractivity contribution is -0.141. The molecule has 0 spiro atoms. The van der Waals surface area contributed by atoms with Crippen LogP contribution >= 0.6 is 0 Å². The first-order valence-corrected chi connectivity index (χ1v) is 13.8. The van der Waals surface area contributed by atoms with Crippen molar-refractivity contribution < 1.29 is 23.5 Å². The number of fused-ring (bicyclic) bond motifs is 1. The number of halogens is 1. The molecule has 9 heteroatoms. The van der Waals surface area contributed by atoms with E-state index in [0.717, 1.165) is 29.5 Å². The highest BCUT2D eigenvalue weighted by molar-refractivity contribution is 5.93. The number of aryl methyl sites for hydroxylation is 2. The number of amides is 3. The Morgan fingerprint density at radius 3 is 2.49 bits per heavy atom. The van der Waals surface area contributed by atoms with E-state index in [-0.39, 0.29) is 36.1 Å². The van der Waals surface area contributed by atoms with Crippen LogP contribution in [0.2, 0.25) is 0 Å². The topological polar surface area (TPSA) is 99.8 Å². The minimum atomic E-state index is -0.799. The van der Waals surface area contributed by atoms with Crippen LogP contribution in [0.3, 0.4) is 0 Å². The molecule has 0 radical (unpaired) electrons. The number of hydrogen-bond donors (Lipinski definition) is 3. The first-order chi connectivity index (χ1) is 18.7. The molecule has 210 valence electrons. The molecule has 1 aliphatic heterocycles. The van der Waals surface area contributed by atoms with E-state index >= 15 is 0 Å². The molecule has 39 heavy (non-hydrogen) atoms. The Morgan fingerprint density at radius 1 is 1.03 bits per heavy atom. The first-order valence-electron chi connectivity index (χ1n) is 13.8. The Labute approximate surface area is 229 Å². The molecule has 4 rings (SSSR count). The monoisotopic (exact) mass is 538 g/mol. The van der Waals surface area contributed by atoms with Gasteiger partial charge in [0.2, 0.25) is 17.7 Å². The molecule has 3 N–H and O–H groups in total. The third kappa shape index (κ3) is 7.79. The largest absolute Gasteiger partial charge is 0.492 e. The van der Waals surface area contributed by atoms with Crippen LogP contribution in [0.4, 0.5) is 4.39 Å². The van der Waals surface area contributed by atoms with Gasteiger partial charge in [-0.05, 0) is 62.6 Å². The van der Waals surface area contributed by atoms with Gasteiger partial charge in [-0.1, -0.05) is 35.9 Å². The van der Waals surface area contributed by atoms with Gasteiger partial charge in [0.25, 0.3) is 0 Å². The van der Waals surface area contributed by atoms with E-state index in [4.69, 9.17) is 4.74 Å². The number of carbonyl (C=O) groups is 3. The van der Waals surface area contributed by atoms with E-state index in [0.29, 0.717) is 38.1 Å². The lowest BCUT2D eigenvalue weighted by Crippen LogP contribution is -2.56. The van der Waals surface area contributed by atoms with E-state index in [2.05, 4.69) is 16.0 Å². The summed E-state index contributed by atoms with van der Waals surface area (Å²) in [5.74, 6) is -0.562. The Bertz CT molecular complexity index is 1170. The molecule has 2 aromatic carbocycles. The summed E-state index contributed by atoms with van der Waals surface area (Å²) in [5.41, 5.74) is 2.87. The zero-order valence-electron chi connectivity index (χ0n) is 23.0. The number of benzene rings is 2. The Morgan fingerprint density at radius 2 is 1.77 bits per heavy atom. The molecule has 2 aromatic rings. The summed E-state index contributed by atoms with van der Waals surface area (Å²) in [5, 5.41) is 9.12. The second-order valence-electron chi connectivity index (χ2n) is 10.6. The van der Waals surface area contributed by atoms with Gasteiger partial charge in [-0.2, -0.15) is 0 Å². The molecule has 0 aromatic heterocycles. The molecular formula is C30H39FN4O4.